The highest BCUT2D eigenvalue weighted by Crippen LogP contribution is 2.33. The quantitative estimate of drug-likeness (QED) is 0.516. The van der Waals surface area contributed by atoms with Crippen LogP contribution < -0.4 is 15.3 Å². The predicted octanol–water partition coefficient (Wildman–Crippen LogP) is 3.07. The normalized spacial score (nSPS) is 11.2. The monoisotopic (exact) mass is 394 g/mol. The average Bonchev–Trinajstić information content (AvgIpc) is 3.09. The number of hydrogen-bond donors (Lipinski definition) is 0. The number of carbonyl (C=O) groups is 1. The minimum atomic E-state index is -1.31. The lowest BCUT2D eigenvalue weighted by Crippen LogP contribution is -2.29. The zero-order valence-electron chi connectivity index (χ0n) is 15.3. The third-order valence-corrected chi connectivity index (χ3v) is 5.54. The Kier molecular flexibility index (Phi) is 4.60. The highest BCUT2D eigenvalue weighted by molar-refractivity contribution is 7.21. The van der Waals surface area contributed by atoms with Crippen molar-refractivity contribution in [3.05, 3.63) is 57.9 Å². The maximum Gasteiger partial charge on any atom is 0.203 e. The zero-order chi connectivity index (χ0) is 19.8. The summed E-state index contributed by atoms with van der Waals surface area (Å²) in [6.45, 7) is 3.06. The van der Waals surface area contributed by atoms with Crippen molar-refractivity contribution in [2.24, 2.45) is 0 Å². The number of carbonyl (C=O) groups excluding carboxylic acids is 1. The van der Waals surface area contributed by atoms with Crippen LogP contribution in [-0.4, -0.2) is 17.6 Å². The number of carboxylic acid groups (broad SMARTS) is 1. The van der Waals surface area contributed by atoms with E-state index >= 15 is 0 Å². The van der Waals surface area contributed by atoms with Gasteiger partial charge >= 0.3 is 0 Å². The van der Waals surface area contributed by atoms with Gasteiger partial charge in [0.25, 0.3) is 0 Å². The molecular formula is C21H16NO5S-. The fourth-order valence-electron chi connectivity index (χ4n) is 3.15. The van der Waals surface area contributed by atoms with Crippen LogP contribution in [-0.2, 0) is 11.2 Å². The second-order valence-corrected chi connectivity index (χ2v) is 7.35. The number of fused-ring (bicyclic) bond motifs is 2. The Morgan fingerprint density at radius 2 is 2.07 bits per heavy atom. The molecule has 4 aromatic rings. The lowest BCUT2D eigenvalue weighted by Gasteiger charge is -2.13. The molecule has 0 aliphatic heterocycles. The predicted molar refractivity (Wildman–Crippen MR) is 106 cm³/mol. The number of aryl methyl sites for hydroxylation is 2. The molecule has 7 heteroatoms. The molecule has 0 N–H and O–H groups in total. The molecule has 28 heavy (non-hydrogen) atoms. The Morgan fingerprint density at radius 1 is 1.29 bits per heavy atom. The Hall–Kier alpha value is -3.19. The third kappa shape index (κ3) is 3.14. The van der Waals surface area contributed by atoms with E-state index < -0.39 is 12.6 Å². The molecule has 0 aliphatic rings. The van der Waals surface area contributed by atoms with Gasteiger partial charge in [0.15, 0.2) is 0 Å². The molecule has 0 saturated carbocycles. The van der Waals surface area contributed by atoms with E-state index in [1.807, 2.05) is 31.2 Å². The largest absolute Gasteiger partial charge is 0.546 e. The van der Waals surface area contributed by atoms with E-state index in [2.05, 4.69) is 4.98 Å². The summed E-state index contributed by atoms with van der Waals surface area (Å²) in [7, 11) is 0. The van der Waals surface area contributed by atoms with Gasteiger partial charge in [-0.25, -0.2) is 4.98 Å². The van der Waals surface area contributed by atoms with Crippen molar-refractivity contribution >= 4 is 38.5 Å². The number of nitrogens with zero attached hydrogens (tertiary/aromatic N) is 1. The van der Waals surface area contributed by atoms with Crippen molar-refractivity contribution in [3.63, 3.8) is 0 Å². The lowest BCUT2D eigenvalue weighted by molar-refractivity contribution is -0.307. The molecule has 2 heterocycles. The molecule has 0 saturated heterocycles. The second-order valence-electron chi connectivity index (χ2n) is 6.32. The Balaban J connectivity index is 1.91. The second kappa shape index (κ2) is 7.09. The van der Waals surface area contributed by atoms with Crippen LogP contribution in [0.25, 0.3) is 31.8 Å². The van der Waals surface area contributed by atoms with Gasteiger partial charge in [-0.1, -0.05) is 19.1 Å². The minimum Gasteiger partial charge on any atom is -0.546 e. The van der Waals surface area contributed by atoms with E-state index in [4.69, 9.17) is 9.15 Å². The van der Waals surface area contributed by atoms with E-state index in [0.717, 1.165) is 15.8 Å². The Labute approximate surface area is 164 Å². The molecule has 0 aliphatic carbocycles. The van der Waals surface area contributed by atoms with Gasteiger partial charge in [0.2, 0.25) is 5.43 Å². The average molecular weight is 394 g/mol. The SMILES string of the molecule is CCc1cc2c(=O)c(-c3nc4ccccc4s3)c(C)oc2cc1OCC(=O)[O-]. The van der Waals surface area contributed by atoms with Crippen molar-refractivity contribution in [2.45, 2.75) is 20.3 Å². The summed E-state index contributed by atoms with van der Waals surface area (Å²) in [5.74, 6) is -0.493. The van der Waals surface area contributed by atoms with Crippen LogP contribution in [0.3, 0.4) is 0 Å². The summed E-state index contributed by atoms with van der Waals surface area (Å²) < 4.78 is 12.2. The van der Waals surface area contributed by atoms with E-state index in [0.29, 0.717) is 39.5 Å². The first-order valence-electron chi connectivity index (χ1n) is 8.77. The highest BCUT2D eigenvalue weighted by Gasteiger charge is 2.19. The summed E-state index contributed by atoms with van der Waals surface area (Å²) >= 11 is 1.44. The van der Waals surface area contributed by atoms with E-state index in [9.17, 15) is 14.7 Å². The van der Waals surface area contributed by atoms with Crippen LogP contribution in [0.5, 0.6) is 5.75 Å². The van der Waals surface area contributed by atoms with Crippen molar-refractivity contribution in [1.82, 2.24) is 4.98 Å². The molecule has 2 aromatic heterocycles. The topological polar surface area (TPSA) is 92.5 Å². The summed E-state index contributed by atoms with van der Waals surface area (Å²) in [4.78, 5) is 28.5. The molecule has 0 bridgehead atoms. The summed E-state index contributed by atoms with van der Waals surface area (Å²) in [5, 5.41) is 11.7. The fraction of sp³-hybridized carbons (Fsp3) is 0.190. The molecule has 0 fully saturated rings. The van der Waals surface area contributed by atoms with Gasteiger partial charge in [0.1, 0.15) is 28.7 Å². The zero-order valence-corrected chi connectivity index (χ0v) is 16.1. The number of thiazole rings is 1. The van der Waals surface area contributed by atoms with Crippen molar-refractivity contribution < 1.29 is 19.1 Å². The van der Waals surface area contributed by atoms with Gasteiger partial charge in [-0.15, -0.1) is 11.3 Å². The number of aliphatic carboxylic acids is 1. The van der Waals surface area contributed by atoms with Crippen LogP contribution in [0.1, 0.15) is 18.2 Å². The minimum absolute atomic E-state index is 0.168. The van der Waals surface area contributed by atoms with Crippen LogP contribution >= 0.6 is 11.3 Å². The molecule has 0 atom stereocenters. The van der Waals surface area contributed by atoms with E-state index in [1.165, 1.54) is 11.3 Å². The van der Waals surface area contributed by atoms with Crippen LogP contribution in [0.2, 0.25) is 0 Å². The summed E-state index contributed by atoms with van der Waals surface area (Å²) in [6.07, 6.45) is 0.572. The summed E-state index contributed by atoms with van der Waals surface area (Å²) in [5.41, 5.74) is 2.18. The molecule has 142 valence electrons. The number of hydrogen-bond acceptors (Lipinski definition) is 7. The number of ether oxygens (including phenoxy) is 1. The van der Waals surface area contributed by atoms with Gasteiger partial charge in [-0.2, -0.15) is 0 Å². The maximum atomic E-state index is 13.2. The number of rotatable bonds is 5. The van der Waals surface area contributed by atoms with Gasteiger partial charge in [-0.05, 0) is 37.1 Å². The molecule has 0 unspecified atom stereocenters. The molecule has 2 aromatic carbocycles. The summed E-state index contributed by atoms with van der Waals surface area (Å²) in [6, 6.07) is 11.0. The van der Waals surface area contributed by atoms with Gasteiger partial charge in [0, 0.05) is 6.07 Å². The van der Waals surface area contributed by atoms with Gasteiger partial charge < -0.3 is 19.1 Å². The molecule has 0 spiro atoms. The molecular weight excluding hydrogens is 378 g/mol. The van der Waals surface area contributed by atoms with E-state index in [-0.39, 0.29) is 5.43 Å². The van der Waals surface area contributed by atoms with E-state index in [1.54, 1.807) is 19.1 Å². The van der Waals surface area contributed by atoms with Gasteiger partial charge in [0.05, 0.1) is 27.1 Å². The Morgan fingerprint density at radius 3 is 2.79 bits per heavy atom. The first-order valence-corrected chi connectivity index (χ1v) is 9.58. The third-order valence-electron chi connectivity index (χ3n) is 4.48. The lowest BCUT2D eigenvalue weighted by atomic mass is 10.1. The van der Waals surface area contributed by atoms with Crippen LogP contribution in [0.4, 0.5) is 0 Å². The van der Waals surface area contributed by atoms with Crippen LogP contribution in [0.15, 0.2) is 45.6 Å². The number of aromatic nitrogens is 1. The molecule has 0 amide bonds. The highest BCUT2D eigenvalue weighted by atomic mass is 32.1. The smallest absolute Gasteiger partial charge is 0.203 e. The van der Waals surface area contributed by atoms with Crippen molar-refractivity contribution in [2.75, 3.05) is 6.61 Å². The molecule has 6 nitrogen and oxygen atoms in total. The number of benzene rings is 2. The van der Waals surface area contributed by atoms with Crippen molar-refractivity contribution in [3.8, 4) is 16.3 Å². The van der Waals surface area contributed by atoms with Crippen LogP contribution in [0, 0.1) is 6.92 Å². The number of para-hydroxylation sites is 1. The molecule has 0 radical (unpaired) electrons. The van der Waals surface area contributed by atoms with Gasteiger partial charge in [-0.3, -0.25) is 4.79 Å². The fourth-order valence-corrected chi connectivity index (χ4v) is 4.21. The maximum absolute atomic E-state index is 13.2. The standard InChI is InChI=1S/C21H17NO5S/c1-3-12-8-13-16(9-15(12)26-10-18(23)24)27-11(2)19(20(13)25)21-22-14-6-4-5-7-17(14)28-21/h4-9H,3,10H2,1-2H3,(H,23,24)/p-1. The first kappa shape index (κ1) is 18.2. The molecule has 4 rings (SSSR count). The first-order chi connectivity index (χ1) is 13.5. The Bertz CT molecular complexity index is 1240. The van der Waals surface area contributed by atoms with Crippen molar-refractivity contribution in [1.29, 1.82) is 0 Å². The number of carboxylic acids is 1.